The second-order valence-corrected chi connectivity index (χ2v) is 27.3. The van der Waals surface area contributed by atoms with Crippen molar-refractivity contribution >= 4 is 58.4 Å². The molecule has 4 aromatic carbocycles. The van der Waals surface area contributed by atoms with Crippen LogP contribution in [0.4, 0.5) is 0 Å². The molecule has 0 radical (unpaired) electrons. The van der Waals surface area contributed by atoms with Crippen molar-refractivity contribution in [3.8, 4) is 0 Å². The monoisotopic (exact) mass is 744 g/mol. The van der Waals surface area contributed by atoms with E-state index in [1.807, 2.05) is 0 Å². The molecule has 2 unspecified atom stereocenters. The second-order valence-electron chi connectivity index (χ2n) is 15.4. The number of hydrogen-bond donors (Lipinski definition) is 0. The normalized spacial score (nSPS) is 18.1. The van der Waals surface area contributed by atoms with E-state index in [4.69, 9.17) is 0 Å². The summed E-state index contributed by atoms with van der Waals surface area (Å²) in [5.74, 6) is 1.61. The van der Waals surface area contributed by atoms with Crippen LogP contribution in [0.25, 0.3) is 0 Å². The van der Waals surface area contributed by atoms with Crippen molar-refractivity contribution in [2.45, 2.75) is 103 Å². The van der Waals surface area contributed by atoms with E-state index in [2.05, 4.69) is 158 Å². The molecule has 0 fully saturated rings. The highest BCUT2D eigenvalue weighted by Gasteiger charge is 2.25. The standard InChI is InChI=1S/C12H18Si.C11H16Si.C9H9Br.C8H7Br/c1-9-7-10-8-11(13(2,3)4)5-6-12(9)10;1-12(2,3)11-7-6-9-4-5-10(9)8-11;1-6-4-7-5-8(10)2-3-9(6)7;9-8-4-3-6-1-2-7(6)5-8/h5-6,8-9H,7H2,1-4H3;6-8H,4-5H2,1-3H3;2-3,5-6H,4H2,1H3;3-5H,1-2H2. The summed E-state index contributed by atoms with van der Waals surface area (Å²) in [6, 6.07) is 27.3. The molecule has 0 N–H and O–H groups in total. The SMILES string of the molecule is Brc1ccc2c(c1)CC2.CC1Cc2cc(Br)ccc21.CC1Cc2cc([Si](C)(C)C)ccc21.C[Si](C)(C)c1ccc2c(c1)CC2. The molecule has 4 aliphatic rings. The van der Waals surface area contributed by atoms with Gasteiger partial charge in [-0.15, -0.1) is 0 Å². The molecule has 0 amide bonds. The van der Waals surface area contributed by atoms with E-state index in [1.54, 1.807) is 32.6 Å². The first-order valence-corrected chi connectivity index (χ1v) is 25.1. The summed E-state index contributed by atoms with van der Waals surface area (Å²) in [5.41, 5.74) is 12.5. The highest BCUT2D eigenvalue weighted by atomic mass is 79.9. The minimum absolute atomic E-state index is 0.795. The number of hydrogen-bond acceptors (Lipinski definition) is 0. The molecule has 4 heteroatoms. The first-order chi connectivity index (χ1) is 20.7. The molecule has 2 atom stereocenters. The van der Waals surface area contributed by atoms with Crippen molar-refractivity contribution in [2.75, 3.05) is 0 Å². The van der Waals surface area contributed by atoms with Gasteiger partial charge in [-0.25, -0.2) is 0 Å². The highest BCUT2D eigenvalue weighted by molar-refractivity contribution is 9.10. The van der Waals surface area contributed by atoms with Crippen LogP contribution in [0.15, 0.2) is 81.7 Å². The number of aryl methyl sites for hydroxylation is 4. The topological polar surface area (TPSA) is 0 Å². The highest BCUT2D eigenvalue weighted by Crippen LogP contribution is 2.36. The van der Waals surface area contributed by atoms with E-state index >= 15 is 0 Å². The zero-order valence-electron chi connectivity index (χ0n) is 28.1. The van der Waals surface area contributed by atoms with Crippen molar-refractivity contribution < 1.29 is 0 Å². The Morgan fingerprint density at radius 1 is 0.455 bits per heavy atom. The van der Waals surface area contributed by atoms with Crippen LogP contribution in [0.3, 0.4) is 0 Å². The number of halogens is 2. The van der Waals surface area contributed by atoms with Crippen LogP contribution in [0.2, 0.25) is 39.3 Å². The van der Waals surface area contributed by atoms with Crippen molar-refractivity contribution in [1.82, 2.24) is 0 Å². The molecular weight excluding hydrogens is 696 g/mol. The quantitative estimate of drug-likeness (QED) is 0.179. The summed E-state index contributed by atoms with van der Waals surface area (Å²) in [7, 11) is -2.13. The van der Waals surface area contributed by atoms with Crippen LogP contribution in [-0.4, -0.2) is 16.1 Å². The third-order valence-corrected chi connectivity index (χ3v) is 14.9. The van der Waals surface area contributed by atoms with E-state index in [0.717, 1.165) is 11.8 Å². The molecule has 4 aliphatic carbocycles. The van der Waals surface area contributed by atoms with Crippen LogP contribution >= 0.6 is 31.9 Å². The van der Waals surface area contributed by atoms with E-state index in [1.165, 1.54) is 69.7 Å². The molecule has 0 saturated carbocycles. The van der Waals surface area contributed by atoms with E-state index < -0.39 is 16.1 Å². The van der Waals surface area contributed by atoms with Gasteiger partial charge in [0.1, 0.15) is 0 Å². The Labute approximate surface area is 286 Å². The Kier molecular flexibility index (Phi) is 10.4. The molecule has 232 valence electrons. The van der Waals surface area contributed by atoms with Gasteiger partial charge in [0.25, 0.3) is 0 Å². The second kappa shape index (κ2) is 13.6. The van der Waals surface area contributed by atoms with Gasteiger partial charge in [-0.3, -0.25) is 0 Å². The predicted molar refractivity (Wildman–Crippen MR) is 206 cm³/mol. The zero-order valence-corrected chi connectivity index (χ0v) is 33.3. The molecule has 0 spiro atoms. The fraction of sp³-hybridized carbons (Fsp3) is 0.400. The number of rotatable bonds is 2. The maximum atomic E-state index is 3.45. The predicted octanol–water partition coefficient (Wildman–Crippen LogP) is 10.9. The Balaban J connectivity index is 0.000000117. The smallest absolute Gasteiger partial charge is 0.0656 e. The average molecular weight is 747 g/mol. The Bertz CT molecular complexity index is 1640. The third-order valence-electron chi connectivity index (χ3n) is 9.80. The van der Waals surface area contributed by atoms with Crippen LogP contribution in [0.1, 0.15) is 70.2 Å². The van der Waals surface area contributed by atoms with Crippen LogP contribution in [-0.2, 0) is 38.5 Å². The lowest BCUT2D eigenvalue weighted by atomic mass is 9.79. The van der Waals surface area contributed by atoms with Gasteiger partial charge in [0, 0.05) is 8.95 Å². The minimum Gasteiger partial charge on any atom is -0.0656 e. The van der Waals surface area contributed by atoms with Crippen molar-refractivity contribution in [3.05, 3.63) is 126 Å². The minimum atomic E-state index is -1.08. The van der Waals surface area contributed by atoms with E-state index in [0.29, 0.717) is 0 Å². The molecule has 4 aromatic rings. The van der Waals surface area contributed by atoms with Gasteiger partial charge in [0.05, 0.1) is 16.1 Å². The lowest BCUT2D eigenvalue weighted by molar-refractivity contribution is 0.666. The van der Waals surface area contributed by atoms with Gasteiger partial charge in [0.2, 0.25) is 0 Å². The van der Waals surface area contributed by atoms with Crippen molar-refractivity contribution in [1.29, 1.82) is 0 Å². The maximum Gasteiger partial charge on any atom is 0.0776 e. The maximum absolute atomic E-state index is 3.45. The van der Waals surface area contributed by atoms with Crippen molar-refractivity contribution in [2.24, 2.45) is 0 Å². The molecule has 8 rings (SSSR count). The lowest BCUT2D eigenvalue weighted by Gasteiger charge is -2.29. The molecule has 44 heavy (non-hydrogen) atoms. The lowest BCUT2D eigenvalue weighted by Crippen LogP contribution is -2.38. The summed E-state index contributed by atoms with van der Waals surface area (Å²) < 4.78 is 2.42. The van der Waals surface area contributed by atoms with Gasteiger partial charge in [-0.1, -0.05) is 144 Å². The van der Waals surface area contributed by atoms with E-state index in [9.17, 15) is 0 Å². The molecule has 0 bridgehead atoms. The molecule has 0 nitrogen and oxygen atoms in total. The van der Waals surface area contributed by atoms with Gasteiger partial charge >= 0.3 is 0 Å². The zero-order chi connectivity index (χ0) is 31.8. The molecular formula is C40H50Br2Si2. The summed E-state index contributed by atoms with van der Waals surface area (Å²) in [4.78, 5) is 0. The Morgan fingerprint density at radius 3 is 1.18 bits per heavy atom. The summed E-state index contributed by atoms with van der Waals surface area (Å²) in [6.45, 7) is 19.1. The first-order valence-electron chi connectivity index (χ1n) is 16.5. The Morgan fingerprint density at radius 2 is 0.818 bits per heavy atom. The molecule has 0 aromatic heterocycles. The Hall–Kier alpha value is -1.73. The fourth-order valence-electron chi connectivity index (χ4n) is 6.40. The number of benzene rings is 4. The van der Waals surface area contributed by atoms with Crippen LogP contribution in [0.5, 0.6) is 0 Å². The van der Waals surface area contributed by atoms with Gasteiger partial charge in [0.15, 0.2) is 0 Å². The fourth-order valence-corrected chi connectivity index (χ4v) is 9.60. The van der Waals surface area contributed by atoms with Gasteiger partial charge in [-0.2, -0.15) is 0 Å². The molecule has 0 saturated heterocycles. The van der Waals surface area contributed by atoms with Crippen LogP contribution < -0.4 is 10.4 Å². The third kappa shape index (κ3) is 7.97. The first kappa shape index (κ1) is 33.6. The van der Waals surface area contributed by atoms with Crippen molar-refractivity contribution in [3.63, 3.8) is 0 Å². The van der Waals surface area contributed by atoms with E-state index in [-0.39, 0.29) is 0 Å². The molecule has 0 aliphatic heterocycles. The number of fused-ring (bicyclic) bond motifs is 4. The van der Waals surface area contributed by atoms with Gasteiger partial charge in [-0.05, 0) is 119 Å². The summed E-state index contributed by atoms with van der Waals surface area (Å²) >= 11 is 6.88. The summed E-state index contributed by atoms with van der Waals surface area (Å²) in [6.07, 6.45) is 7.73. The van der Waals surface area contributed by atoms with Crippen LogP contribution in [0, 0.1) is 0 Å². The average Bonchev–Trinajstić information content (AvgIpc) is 2.90. The molecule has 0 heterocycles. The summed E-state index contributed by atoms with van der Waals surface area (Å²) in [5, 5.41) is 3.22. The largest absolute Gasteiger partial charge is 0.0776 e. The van der Waals surface area contributed by atoms with Gasteiger partial charge < -0.3 is 0 Å².